The number of carboxylic acids is 1. The number of carboxylic acid groups (broad SMARTS) is 1. The molecular weight excluding hydrogens is 296 g/mol. The Kier molecular flexibility index (Phi) is 5.08. The SMILES string of the molecule is O=C(NC1CCC(C(=O)O)CC1)NC1CCCS(=O)(=O)C1. The molecule has 3 N–H and O–H groups in total. The van der Waals surface area contributed by atoms with Gasteiger partial charge in [0.1, 0.15) is 0 Å². The summed E-state index contributed by atoms with van der Waals surface area (Å²) in [6, 6.07) is -0.698. The van der Waals surface area contributed by atoms with Crippen molar-refractivity contribution in [3.05, 3.63) is 0 Å². The van der Waals surface area contributed by atoms with Crippen LogP contribution in [0.1, 0.15) is 38.5 Å². The number of nitrogens with one attached hydrogen (secondary N) is 2. The summed E-state index contributed by atoms with van der Waals surface area (Å²) in [5, 5.41) is 14.4. The van der Waals surface area contributed by atoms with Gasteiger partial charge < -0.3 is 15.7 Å². The molecule has 0 aromatic rings. The lowest BCUT2D eigenvalue weighted by atomic mass is 9.86. The quantitative estimate of drug-likeness (QED) is 0.701. The molecule has 0 bridgehead atoms. The van der Waals surface area contributed by atoms with Crippen LogP contribution in [0.5, 0.6) is 0 Å². The molecule has 21 heavy (non-hydrogen) atoms. The summed E-state index contributed by atoms with van der Waals surface area (Å²) in [7, 11) is -3.04. The van der Waals surface area contributed by atoms with E-state index in [1.54, 1.807) is 0 Å². The summed E-state index contributed by atoms with van der Waals surface area (Å²) in [5.74, 6) is -0.877. The fourth-order valence-electron chi connectivity index (χ4n) is 3.03. The highest BCUT2D eigenvalue weighted by Gasteiger charge is 2.29. The summed E-state index contributed by atoms with van der Waals surface area (Å²) in [6.45, 7) is 0. The zero-order chi connectivity index (χ0) is 15.5. The van der Waals surface area contributed by atoms with E-state index in [-0.39, 0.29) is 35.5 Å². The van der Waals surface area contributed by atoms with Crippen molar-refractivity contribution in [1.82, 2.24) is 10.6 Å². The van der Waals surface area contributed by atoms with Crippen molar-refractivity contribution in [3.63, 3.8) is 0 Å². The largest absolute Gasteiger partial charge is 0.481 e. The molecule has 1 saturated heterocycles. The number of urea groups is 1. The van der Waals surface area contributed by atoms with Crippen LogP contribution < -0.4 is 10.6 Å². The number of hydrogen-bond donors (Lipinski definition) is 3. The van der Waals surface area contributed by atoms with E-state index in [4.69, 9.17) is 5.11 Å². The molecule has 120 valence electrons. The van der Waals surface area contributed by atoms with Gasteiger partial charge in [0.05, 0.1) is 17.4 Å². The molecule has 1 heterocycles. The summed E-state index contributed by atoms with van der Waals surface area (Å²) in [4.78, 5) is 22.7. The van der Waals surface area contributed by atoms with Crippen LogP contribution in [0.25, 0.3) is 0 Å². The molecule has 1 aliphatic heterocycles. The Bertz CT molecular complexity index is 497. The number of sulfone groups is 1. The minimum atomic E-state index is -3.04. The molecule has 1 unspecified atom stereocenters. The third-order valence-corrected chi connectivity index (χ3v) is 6.03. The monoisotopic (exact) mass is 318 g/mol. The molecule has 0 aromatic carbocycles. The molecule has 1 atom stereocenters. The molecule has 7 nitrogen and oxygen atoms in total. The maximum Gasteiger partial charge on any atom is 0.315 e. The number of carbonyl (C=O) groups excluding carboxylic acids is 1. The number of rotatable bonds is 3. The van der Waals surface area contributed by atoms with Gasteiger partial charge in [-0.25, -0.2) is 13.2 Å². The highest BCUT2D eigenvalue weighted by molar-refractivity contribution is 7.91. The van der Waals surface area contributed by atoms with E-state index < -0.39 is 15.8 Å². The first-order valence-electron chi connectivity index (χ1n) is 7.36. The lowest BCUT2D eigenvalue weighted by molar-refractivity contribution is -0.142. The fraction of sp³-hybridized carbons (Fsp3) is 0.846. The highest BCUT2D eigenvalue weighted by Crippen LogP contribution is 2.24. The second-order valence-electron chi connectivity index (χ2n) is 5.96. The Labute approximate surface area is 124 Å². The Morgan fingerprint density at radius 1 is 0.952 bits per heavy atom. The summed E-state index contributed by atoms with van der Waals surface area (Å²) < 4.78 is 23.0. The first-order valence-corrected chi connectivity index (χ1v) is 9.18. The summed E-state index contributed by atoms with van der Waals surface area (Å²) >= 11 is 0. The predicted molar refractivity (Wildman–Crippen MR) is 76.7 cm³/mol. The van der Waals surface area contributed by atoms with Gasteiger partial charge in [-0.05, 0) is 38.5 Å². The maximum atomic E-state index is 11.9. The third kappa shape index (κ3) is 4.87. The first-order chi connectivity index (χ1) is 9.85. The van der Waals surface area contributed by atoms with Crippen molar-refractivity contribution in [1.29, 1.82) is 0 Å². The Morgan fingerprint density at radius 3 is 2.14 bits per heavy atom. The number of carbonyl (C=O) groups is 2. The van der Waals surface area contributed by atoms with E-state index in [2.05, 4.69) is 10.6 Å². The van der Waals surface area contributed by atoms with E-state index in [9.17, 15) is 18.0 Å². The molecule has 8 heteroatoms. The smallest absolute Gasteiger partial charge is 0.315 e. The molecule has 0 aromatic heterocycles. The van der Waals surface area contributed by atoms with Crippen molar-refractivity contribution >= 4 is 21.8 Å². The first kappa shape index (κ1) is 16.1. The van der Waals surface area contributed by atoms with E-state index in [0.29, 0.717) is 38.5 Å². The minimum absolute atomic E-state index is 0.00613. The molecule has 2 fully saturated rings. The van der Waals surface area contributed by atoms with E-state index >= 15 is 0 Å². The standard InChI is InChI=1S/C13H22N2O5S/c16-12(17)9-3-5-10(6-4-9)14-13(18)15-11-2-1-7-21(19,20)8-11/h9-11H,1-8H2,(H,16,17)(H2,14,15,18). The van der Waals surface area contributed by atoms with Gasteiger partial charge in [-0.15, -0.1) is 0 Å². The van der Waals surface area contributed by atoms with Crippen molar-refractivity contribution in [2.75, 3.05) is 11.5 Å². The average molecular weight is 318 g/mol. The molecule has 2 rings (SSSR count). The average Bonchev–Trinajstić information content (AvgIpc) is 2.37. The molecule has 1 aliphatic carbocycles. The van der Waals surface area contributed by atoms with Crippen LogP contribution in [0.4, 0.5) is 4.79 Å². The van der Waals surface area contributed by atoms with Gasteiger partial charge in [0.25, 0.3) is 0 Å². The van der Waals surface area contributed by atoms with Crippen molar-refractivity contribution in [3.8, 4) is 0 Å². The second-order valence-corrected chi connectivity index (χ2v) is 8.19. The zero-order valence-corrected chi connectivity index (χ0v) is 12.7. The van der Waals surface area contributed by atoms with Crippen LogP contribution in [0.2, 0.25) is 0 Å². The summed E-state index contributed by atoms with van der Waals surface area (Å²) in [5.41, 5.74) is 0. The molecule has 0 radical (unpaired) electrons. The minimum Gasteiger partial charge on any atom is -0.481 e. The molecule has 0 spiro atoms. The van der Waals surface area contributed by atoms with Crippen molar-refractivity contribution < 1.29 is 23.1 Å². The van der Waals surface area contributed by atoms with E-state index in [0.717, 1.165) is 0 Å². The molecule has 2 aliphatic rings. The van der Waals surface area contributed by atoms with Crippen LogP contribution in [0, 0.1) is 5.92 Å². The normalized spacial score (nSPS) is 32.1. The number of aliphatic carboxylic acids is 1. The fourth-order valence-corrected chi connectivity index (χ4v) is 4.67. The van der Waals surface area contributed by atoms with Gasteiger partial charge in [0.15, 0.2) is 9.84 Å². The number of hydrogen-bond acceptors (Lipinski definition) is 4. The molecule has 2 amide bonds. The van der Waals surface area contributed by atoms with Gasteiger partial charge in [-0.1, -0.05) is 0 Å². The summed E-state index contributed by atoms with van der Waals surface area (Å²) in [6.07, 6.45) is 3.69. The second kappa shape index (κ2) is 6.64. The highest BCUT2D eigenvalue weighted by atomic mass is 32.2. The van der Waals surface area contributed by atoms with Crippen LogP contribution in [-0.2, 0) is 14.6 Å². The van der Waals surface area contributed by atoms with Gasteiger partial charge in [0.2, 0.25) is 0 Å². The predicted octanol–water partition coefficient (Wildman–Crippen LogP) is 0.506. The zero-order valence-electron chi connectivity index (χ0n) is 11.9. The van der Waals surface area contributed by atoms with E-state index in [1.807, 2.05) is 0 Å². The van der Waals surface area contributed by atoms with Gasteiger partial charge >= 0.3 is 12.0 Å². The van der Waals surface area contributed by atoms with Crippen molar-refractivity contribution in [2.24, 2.45) is 5.92 Å². The molecular formula is C13H22N2O5S. The van der Waals surface area contributed by atoms with Crippen LogP contribution in [-0.4, -0.2) is 49.1 Å². The third-order valence-electron chi connectivity index (χ3n) is 4.21. The van der Waals surface area contributed by atoms with Crippen LogP contribution in [0.3, 0.4) is 0 Å². The van der Waals surface area contributed by atoms with Crippen LogP contribution >= 0.6 is 0 Å². The maximum absolute atomic E-state index is 11.9. The Hall–Kier alpha value is -1.31. The Balaban J connectivity index is 1.74. The van der Waals surface area contributed by atoms with Crippen molar-refractivity contribution in [2.45, 2.75) is 50.6 Å². The lowest BCUT2D eigenvalue weighted by Gasteiger charge is -2.28. The van der Waals surface area contributed by atoms with E-state index in [1.165, 1.54) is 0 Å². The molecule has 1 saturated carbocycles. The van der Waals surface area contributed by atoms with Crippen LogP contribution in [0.15, 0.2) is 0 Å². The Morgan fingerprint density at radius 2 is 1.57 bits per heavy atom. The van der Waals surface area contributed by atoms with Gasteiger partial charge in [-0.3, -0.25) is 4.79 Å². The lowest BCUT2D eigenvalue weighted by Crippen LogP contribution is -2.50. The van der Waals surface area contributed by atoms with Gasteiger partial charge in [0, 0.05) is 12.1 Å². The van der Waals surface area contributed by atoms with Gasteiger partial charge in [-0.2, -0.15) is 0 Å². The number of amides is 2. The topological polar surface area (TPSA) is 113 Å².